The van der Waals surface area contributed by atoms with Crippen molar-refractivity contribution in [3.05, 3.63) is 66.6 Å². The van der Waals surface area contributed by atoms with E-state index in [1.165, 1.54) is 0 Å². The van der Waals surface area contributed by atoms with Crippen LogP contribution in [-0.2, 0) is 0 Å². The zero-order valence-electron chi connectivity index (χ0n) is 14.4. The number of fused-ring (bicyclic) bond motifs is 3. The highest BCUT2D eigenvalue weighted by atomic mass is 15.4. The molecule has 0 saturated carbocycles. The lowest BCUT2D eigenvalue weighted by Crippen LogP contribution is -2.09. The third-order valence-corrected chi connectivity index (χ3v) is 4.42. The Morgan fingerprint density at radius 2 is 1.85 bits per heavy atom. The van der Waals surface area contributed by atoms with Crippen molar-refractivity contribution in [3.63, 3.8) is 0 Å². The van der Waals surface area contributed by atoms with Crippen molar-refractivity contribution in [3.8, 4) is 5.69 Å². The minimum Gasteiger partial charge on any atom is -0.262 e. The van der Waals surface area contributed by atoms with Gasteiger partial charge in [0.15, 0.2) is 17.1 Å². The molecule has 0 N–H and O–H groups in total. The lowest BCUT2D eigenvalue weighted by atomic mass is 10.3. The van der Waals surface area contributed by atoms with E-state index in [-0.39, 0.29) is 6.04 Å². The Labute approximate surface area is 148 Å². The van der Waals surface area contributed by atoms with Crippen LogP contribution in [0.5, 0.6) is 0 Å². The first kappa shape index (κ1) is 14.8. The summed E-state index contributed by atoms with van der Waals surface area (Å²) in [4.78, 5) is 9.26. The summed E-state index contributed by atoms with van der Waals surface area (Å²) in [7, 11) is 0. The standard InChI is InChI=1S/C18H16N8/c1-12-8-20-24(10-12)13(2)16-22-18-15-9-21-26(14-6-4-3-5-7-14)17(15)19-11-25(18)23-16/h3-11,13H,1-2H3. The highest BCUT2D eigenvalue weighted by Crippen LogP contribution is 2.21. The largest absolute Gasteiger partial charge is 0.262 e. The maximum atomic E-state index is 4.73. The highest BCUT2D eigenvalue weighted by molar-refractivity contribution is 5.89. The third-order valence-electron chi connectivity index (χ3n) is 4.42. The Kier molecular flexibility index (Phi) is 3.11. The molecule has 0 spiro atoms. The lowest BCUT2D eigenvalue weighted by Gasteiger charge is -2.06. The molecule has 128 valence electrons. The Morgan fingerprint density at radius 3 is 2.62 bits per heavy atom. The van der Waals surface area contributed by atoms with Gasteiger partial charge < -0.3 is 0 Å². The van der Waals surface area contributed by atoms with Crippen molar-refractivity contribution in [1.29, 1.82) is 0 Å². The molecule has 1 aromatic carbocycles. The number of para-hydroxylation sites is 1. The maximum absolute atomic E-state index is 4.73. The molecule has 26 heavy (non-hydrogen) atoms. The monoisotopic (exact) mass is 344 g/mol. The van der Waals surface area contributed by atoms with Gasteiger partial charge in [0.25, 0.3) is 0 Å². The van der Waals surface area contributed by atoms with Gasteiger partial charge in [0.2, 0.25) is 0 Å². The predicted octanol–water partition coefficient (Wildman–Crippen LogP) is 2.58. The number of aromatic nitrogens is 8. The molecule has 8 heteroatoms. The molecule has 0 aliphatic carbocycles. The first-order valence-corrected chi connectivity index (χ1v) is 8.36. The lowest BCUT2D eigenvalue weighted by molar-refractivity contribution is 0.536. The average molecular weight is 344 g/mol. The summed E-state index contributed by atoms with van der Waals surface area (Å²) >= 11 is 0. The van der Waals surface area contributed by atoms with Crippen molar-refractivity contribution in [1.82, 2.24) is 39.1 Å². The van der Waals surface area contributed by atoms with Crippen LogP contribution in [0.25, 0.3) is 22.4 Å². The van der Waals surface area contributed by atoms with Crippen LogP contribution < -0.4 is 0 Å². The van der Waals surface area contributed by atoms with Gasteiger partial charge in [-0.2, -0.15) is 10.2 Å². The molecule has 0 amide bonds. The molecule has 0 fully saturated rings. The molecule has 0 bridgehead atoms. The number of hydrogen-bond acceptors (Lipinski definition) is 5. The molecule has 4 heterocycles. The van der Waals surface area contributed by atoms with Gasteiger partial charge in [0.1, 0.15) is 12.4 Å². The van der Waals surface area contributed by atoms with Gasteiger partial charge in [0.05, 0.1) is 23.5 Å². The van der Waals surface area contributed by atoms with Crippen LogP contribution in [0.1, 0.15) is 24.4 Å². The average Bonchev–Trinajstić information content (AvgIpc) is 3.38. The molecule has 4 aromatic heterocycles. The number of rotatable bonds is 3. The number of aryl methyl sites for hydroxylation is 1. The van der Waals surface area contributed by atoms with Gasteiger partial charge in [-0.05, 0) is 31.5 Å². The fourth-order valence-electron chi connectivity index (χ4n) is 3.04. The molecule has 1 atom stereocenters. The highest BCUT2D eigenvalue weighted by Gasteiger charge is 2.18. The molecule has 0 aliphatic rings. The summed E-state index contributed by atoms with van der Waals surface area (Å²) in [6.07, 6.45) is 7.27. The Morgan fingerprint density at radius 1 is 1.00 bits per heavy atom. The van der Waals surface area contributed by atoms with E-state index in [2.05, 4.69) is 20.3 Å². The van der Waals surface area contributed by atoms with Crippen LogP contribution in [0, 0.1) is 6.92 Å². The maximum Gasteiger partial charge on any atom is 0.176 e. The van der Waals surface area contributed by atoms with Crippen molar-refractivity contribution < 1.29 is 0 Å². The quantitative estimate of drug-likeness (QED) is 0.503. The van der Waals surface area contributed by atoms with Crippen LogP contribution in [0.15, 0.2) is 55.2 Å². The molecular weight excluding hydrogens is 328 g/mol. The van der Waals surface area contributed by atoms with Crippen molar-refractivity contribution in [2.24, 2.45) is 0 Å². The van der Waals surface area contributed by atoms with E-state index in [9.17, 15) is 0 Å². The third kappa shape index (κ3) is 2.19. The Hall–Kier alpha value is -3.55. The minimum atomic E-state index is -0.0668. The molecule has 8 nitrogen and oxygen atoms in total. The van der Waals surface area contributed by atoms with Gasteiger partial charge in [0, 0.05) is 6.20 Å². The fourth-order valence-corrected chi connectivity index (χ4v) is 3.04. The molecule has 5 rings (SSSR count). The smallest absolute Gasteiger partial charge is 0.176 e. The van der Waals surface area contributed by atoms with Crippen molar-refractivity contribution in [2.75, 3.05) is 0 Å². The minimum absolute atomic E-state index is 0.0668. The summed E-state index contributed by atoms with van der Waals surface area (Å²) in [5.74, 6) is 0.690. The normalized spacial score (nSPS) is 12.8. The first-order valence-electron chi connectivity index (χ1n) is 8.36. The van der Waals surface area contributed by atoms with Gasteiger partial charge in [-0.1, -0.05) is 18.2 Å². The van der Waals surface area contributed by atoms with Crippen LogP contribution in [0.3, 0.4) is 0 Å². The summed E-state index contributed by atoms with van der Waals surface area (Å²) in [6.45, 7) is 4.04. The summed E-state index contributed by atoms with van der Waals surface area (Å²) < 4.78 is 5.37. The SMILES string of the molecule is Cc1cnn(C(C)c2nc3c4cnn(-c5ccccc5)c4ncn3n2)c1. The fraction of sp³-hybridized carbons (Fsp3) is 0.167. The first-order chi connectivity index (χ1) is 12.7. The molecule has 0 radical (unpaired) electrons. The van der Waals surface area contributed by atoms with Crippen LogP contribution in [-0.4, -0.2) is 39.1 Å². The second kappa shape index (κ2) is 5.48. The molecule has 0 aliphatic heterocycles. The summed E-state index contributed by atoms with van der Waals surface area (Å²) in [5, 5.41) is 14.3. The van der Waals surface area contributed by atoms with E-state index >= 15 is 0 Å². The van der Waals surface area contributed by atoms with Crippen molar-refractivity contribution in [2.45, 2.75) is 19.9 Å². The van der Waals surface area contributed by atoms with Crippen molar-refractivity contribution >= 4 is 16.7 Å². The van der Waals surface area contributed by atoms with E-state index < -0.39 is 0 Å². The van der Waals surface area contributed by atoms with E-state index in [1.807, 2.05) is 65.9 Å². The van der Waals surface area contributed by atoms with Crippen LogP contribution in [0.2, 0.25) is 0 Å². The molecule has 0 saturated heterocycles. The van der Waals surface area contributed by atoms with Crippen LogP contribution in [0.4, 0.5) is 0 Å². The second-order valence-electron chi connectivity index (χ2n) is 6.29. The zero-order chi connectivity index (χ0) is 17.7. The summed E-state index contributed by atoms with van der Waals surface area (Å²) in [6, 6.07) is 9.85. The topological polar surface area (TPSA) is 78.7 Å². The Balaban J connectivity index is 1.65. The van der Waals surface area contributed by atoms with E-state index in [4.69, 9.17) is 4.98 Å². The van der Waals surface area contributed by atoms with E-state index in [0.717, 1.165) is 27.9 Å². The number of benzene rings is 1. The van der Waals surface area contributed by atoms with E-state index in [1.54, 1.807) is 17.0 Å². The number of nitrogens with zero attached hydrogens (tertiary/aromatic N) is 8. The Bertz CT molecular complexity index is 1210. The molecule has 5 aromatic rings. The van der Waals surface area contributed by atoms with Crippen LogP contribution >= 0.6 is 0 Å². The van der Waals surface area contributed by atoms with Gasteiger partial charge >= 0.3 is 0 Å². The van der Waals surface area contributed by atoms with E-state index in [0.29, 0.717) is 5.82 Å². The zero-order valence-corrected chi connectivity index (χ0v) is 14.4. The summed E-state index contributed by atoms with van der Waals surface area (Å²) in [5.41, 5.74) is 3.56. The number of hydrogen-bond donors (Lipinski definition) is 0. The van der Waals surface area contributed by atoms with Gasteiger partial charge in [-0.25, -0.2) is 19.2 Å². The predicted molar refractivity (Wildman–Crippen MR) is 96.2 cm³/mol. The molecule has 1 unspecified atom stereocenters. The molecular formula is C18H16N8. The van der Waals surface area contributed by atoms with Gasteiger partial charge in [-0.3, -0.25) is 4.68 Å². The van der Waals surface area contributed by atoms with Gasteiger partial charge in [-0.15, -0.1) is 5.10 Å². The second-order valence-corrected chi connectivity index (χ2v) is 6.29.